The van der Waals surface area contributed by atoms with E-state index in [1.807, 2.05) is 0 Å². The van der Waals surface area contributed by atoms with Crippen molar-refractivity contribution in [2.24, 2.45) is 98.4 Å². The Hall–Kier alpha value is -14.7. The Bertz CT molecular complexity index is 8840. The van der Waals surface area contributed by atoms with Crippen molar-refractivity contribution in [3.8, 4) is 0 Å². The summed E-state index contributed by atoms with van der Waals surface area (Å²) in [6.07, 6.45) is 2.29. The van der Waals surface area contributed by atoms with Gasteiger partial charge in [0.2, 0.25) is 0 Å². The zero-order valence-electron chi connectivity index (χ0n) is 104. The third kappa shape index (κ3) is 26.6. The highest BCUT2D eigenvalue weighted by Gasteiger charge is 2.24. The predicted octanol–water partition coefficient (Wildman–Crippen LogP) is 1.86. The van der Waals surface area contributed by atoms with Crippen molar-refractivity contribution in [1.29, 1.82) is 0 Å². The molecule has 14 aromatic rings. The Morgan fingerprint density at radius 3 is 0.713 bits per heavy atom. The lowest BCUT2D eigenvalue weighted by Gasteiger charge is -2.09. The monoisotopic (exact) mass is 2010 g/mol. The third-order valence-corrected chi connectivity index (χ3v) is 23.1. The molecule has 0 aromatic carbocycles. The molecule has 14 rings (SSSR count). The van der Waals surface area contributed by atoms with Crippen LogP contribution < -0.4 is 78.7 Å². The average molecular weight is 2010 g/mol. The molecule has 143 heavy (non-hydrogen) atoms. The number of fused-ring (bicyclic) bond motifs is 7. The van der Waals surface area contributed by atoms with E-state index < -0.39 is 151 Å². The number of rotatable bonds is 35. The summed E-state index contributed by atoms with van der Waals surface area (Å²) < 4.78 is 175. The van der Waals surface area contributed by atoms with Crippen LogP contribution in [0.25, 0.3) is 78.1 Å². The van der Waals surface area contributed by atoms with E-state index in [4.69, 9.17) is 27.4 Å². The van der Waals surface area contributed by atoms with Crippen molar-refractivity contribution in [1.82, 2.24) is 131 Å². The maximum absolute atomic E-state index is 12.9. The number of aliphatic hydroxyl groups is 2. The molecule has 0 aliphatic rings. The molecule has 14 aromatic heterocycles. The standard InChI is InChI=1S/3C14H20N4O3.2C13H20N4O3.2C13H18N4O3/c3*1-9(19)7-5-6-8-18-13(20)11-12(17(4)14(18)21)15-10(2)16(11)3;4*1-9(18)6-4-5-7-17-12(19)10-11(14-8-15(10)2)16(3)13(17)20/h3*5-8H2,1-4H3;2*8-9,18H,4-7H2,1-3H3;2*8H,4-7H2,1-3H3/t;;;9-;;;/m...1.../s1/i3D3,4D3,7D2;3D3,7D2;7D2;2*9D;3D3;. The van der Waals surface area contributed by atoms with Gasteiger partial charge in [-0.25, -0.2) is 68.4 Å². The van der Waals surface area contributed by atoms with Crippen LogP contribution in [0.2, 0.25) is 0 Å². The number of Topliss-reactive ketones (excluding diaryl/α,β-unsaturated/α-hetero) is 5. The molecule has 1 unspecified atom stereocenters. The fourth-order valence-electron chi connectivity index (χ4n) is 15.2. The van der Waals surface area contributed by atoms with Crippen molar-refractivity contribution in [2.75, 3.05) is 0 Å². The SMILES string of the molecule is CC(=O)CCCCn1c(=O)c2c(ncn2C)n(C)c1=O.[2H]C(C)(O)CCCCn1c(=O)c2c(ncn2C)n(C)c1=O.[2H]C([2H])(CCCn1c(=O)c2c(nc(C)n2C([2H])([2H])[2H])n(C([2H])([2H])[2H])c1=O)C(C)=O.[2H]C([2H])(CCCn1c(=O)c2c(nc(C)n2C([2H])([2H])[2H])n(C)c1=O)C(C)=O.[2H]C([2H])(CCCn1c(=O)c2c(nc(C)n2C)n(C)c1=O)C(C)=O.[2H]C([2H])([2H])n1c(=O)n(CCCCC(C)=O)c(=O)c2c1ncn2C.[2H][C@](C)(O)CCCCn1c(=O)c2c(ncn2C)n(C)c1=O. The maximum atomic E-state index is 12.9. The summed E-state index contributed by atoms with van der Waals surface area (Å²) >= 11 is 0. The van der Waals surface area contributed by atoms with Gasteiger partial charge in [-0.1, -0.05) is 0 Å². The van der Waals surface area contributed by atoms with Crippen LogP contribution in [-0.4, -0.2) is 182 Å². The third-order valence-electron chi connectivity index (χ3n) is 23.1. The van der Waals surface area contributed by atoms with E-state index in [2.05, 4.69) is 34.9 Å². The molecule has 0 spiro atoms. The van der Waals surface area contributed by atoms with Gasteiger partial charge in [-0.15, -0.1) is 0 Å². The van der Waals surface area contributed by atoms with Gasteiger partial charge >= 0.3 is 39.8 Å². The van der Waals surface area contributed by atoms with Crippen LogP contribution in [0.15, 0.2) is 92.4 Å². The molecule has 49 nitrogen and oxygen atoms in total. The van der Waals surface area contributed by atoms with Crippen LogP contribution in [-0.2, 0) is 168 Å². The molecule has 0 bridgehead atoms. The van der Waals surface area contributed by atoms with Gasteiger partial charge in [-0.3, -0.25) is 97.5 Å². The first kappa shape index (κ1) is 86.2. The lowest BCUT2D eigenvalue weighted by atomic mass is 10.2. The second-order valence-corrected chi connectivity index (χ2v) is 34.2. The van der Waals surface area contributed by atoms with Crippen LogP contribution in [0, 0.1) is 20.8 Å². The number of carbonyl (C=O) groups excluding carboxylic acids is 5. The highest BCUT2D eigenvalue weighted by atomic mass is 16.3. The van der Waals surface area contributed by atoms with Crippen LogP contribution >= 0.6 is 0 Å². The van der Waals surface area contributed by atoms with Crippen molar-refractivity contribution >= 4 is 107 Å². The van der Waals surface area contributed by atoms with E-state index in [-0.39, 0.29) is 144 Å². The molecule has 14 heterocycles. The second-order valence-electron chi connectivity index (χ2n) is 34.2. The molecule has 778 valence electrons. The summed E-state index contributed by atoms with van der Waals surface area (Å²) in [7, 11) is 16.1. The topological polar surface area (TPSA) is 559 Å². The number of aryl methyl sites for hydroxylation is 17. The first-order valence-electron chi connectivity index (χ1n) is 55.4. The van der Waals surface area contributed by atoms with Gasteiger partial charge in [-0.05, 0) is 172 Å². The van der Waals surface area contributed by atoms with Gasteiger partial charge in [-0.2, -0.15) is 0 Å². The Labute approximate surface area is 845 Å². The number of nitrogens with zero attached hydrogens (tertiary/aromatic N) is 28. The molecule has 2 N–H and O–H groups in total. The number of imidazole rings is 7. The van der Waals surface area contributed by atoms with Crippen LogP contribution in [0.4, 0.5) is 0 Å². The van der Waals surface area contributed by atoms with Crippen LogP contribution in [0.5, 0.6) is 0 Å². The molecule has 0 saturated heterocycles. The van der Waals surface area contributed by atoms with Crippen LogP contribution in [0.3, 0.4) is 0 Å². The van der Waals surface area contributed by atoms with E-state index in [1.54, 1.807) is 88.6 Å². The fraction of sp³-hybridized carbons (Fsp3) is 0.574. The molecule has 0 aliphatic carbocycles. The number of carbonyl (C=O) groups is 5. The first-order chi connectivity index (χ1) is 74.9. The van der Waals surface area contributed by atoms with E-state index in [0.29, 0.717) is 148 Å². The van der Waals surface area contributed by atoms with E-state index >= 15 is 0 Å². The summed E-state index contributed by atoms with van der Waals surface area (Å²) in [6, 6.07) is 0. The normalized spacial score (nSPS) is 14.9. The van der Waals surface area contributed by atoms with Gasteiger partial charge in [0.15, 0.2) is 78.1 Å². The molecule has 0 fully saturated rings. The molecular formula is C94H136N28O21. The Morgan fingerprint density at radius 2 is 0.476 bits per heavy atom. The molecular weight excluding hydrogens is 1860 g/mol. The Kier molecular flexibility index (Phi) is 30.2. The van der Waals surface area contributed by atoms with Crippen LogP contribution in [0.1, 0.15) is 228 Å². The summed E-state index contributed by atoms with van der Waals surface area (Å²) in [5.41, 5.74) is -6.85. The van der Waals surface area contributed by atoms with Gasteiger partial charge in [0.25, 0.3) is 38.9 Å². The number of hydrogen-bond acceptors (Lipinski definition) is 28. The van der Waals surface area contributed by atoms with Gasteiger partial charge in [0, 0.05) is 201 Å². The van der Waals surface area contributed by atoms with Crippen molar-refractivity contribution in [2.45, 2.75) is 262 Å². The summed E-state index contributed by atoms with van der Waals surface area (Å²) in [5, 5.41) is 18.7. The Balaban J connectivity index is 0.000000231. The minimum atomic E-state index is -3.04. The largest absolute Gasteiger partial charge is 0.393 e. The molecule has 0 amide bonds. The van der Waals surface area contributed by atoms with Gasteiger partial charge in [0.05, 0.1) is 40.2 Å². The van der Waals surface area contributed by atoms with Gasteiger partial charge < -0.3 is 66.2 Å². The van der Waals surface area contributed by atoms with Crippen molar-refractivity contribution < 1.29 is 61.6 Å². The number of aromatic nitrogens is 28. The van der Waals surface area contributed by atoms with E-state index in [9.17, 15) is 101 Å². The fourth-order valence-corrected chi connectivity index (χ4v) is 15.2. The smallest absolute Gasteiger partial charge is 0.332 e. The number of unbranched alkanes of at least 4 members (excludes halogenated alkanes) is 4. The molecule has 0 radical (unpaired) electrons. The lowest BCUT2D eigenvalue weighted by Crippen LogP contribution is -2.39. The summed E-state index contributed by atoms with van der Waals surface area (Å²) in [4.78, 5) is 258. The van der Waals surface area contributed by atoms with Crippen molar-refractivity contribution in [3.63, 3.8) is 0 Å². The lowest BCUT2D eigenvalue weighted by molar-refractivity contribution is -0.118. The zero-order valence-corrected chi connectivity index (χ0v) is 83.7. The van der Waals surface area contributed by atoms with E-state index in [0.717, 1.165) is 36.7 Å². The minimum absolute atomic E-state index is 0.0241. The average Bonchev–Trinajstić information content (AvgIpc) is 1.57. The molecule has 2 atom stereocenters. The van der Waals surface area contributed by atoms with E-state index in [1.165, 1.54) is 117 Å². The quantitative estimate of drug-likeness (QED) is 0.0535. The maximum Gasteiger partial charge on any atom is 0.332 e. The molecule has 0 saturated carbocycles. The summed E-state index contributed by atoms with van der Waals surface area (Å²) in [6.45, 7) is 2.83. The van der Waals surface area contributed by atoms with Gasteiger partial charge in [0.1, 0.15) is 46.4 Å². The number of ketones is 5. The molecule has 0 aliphatic heterocycles. The first-order valence-corrected chi connectivity index (χ1v) is 45.4. The summed E-state index contributed by atoms with van der Waals surface area (Å²) in [5.74, 6) is -1.24. The minimum Gasteiger partial charge on any atom is -0.393 e. The molecule has 49 heteroatoms. The van der Waals surface area contributed by atoms with Crippen molar-refractivity contribution in [3.05, 3.63) is 189 Å². The Morgan fingerprint density at radius 1 is 0.280 bits per heavy atom. The highest BCUT2D eigenvalue weighted by molar-refractivity contribution is 5.78. The predicted molar refractivity (Wildman–Crippen MR) is 539 cm³/mol. The number of hydrogen-bond donors (Lipinski definition) is 2. The second kappa shape index (κ2) is 50.1. The highest BCUT2D eigenvalue weighted by Crippen LogP contribution is 2.16. The zero-order chi connectivity index (χ0) is 124.